The van der Waals surface area contributed by atoms with E-state index in [1.54, 1.807) is 19.5 Å². The zero-order valence-electron chi connectivity index (χ0n) is 22.1. The van der Waals surface area contributed by atoms with Crippen LogP contribution in [0.5, 0.6) is 5.75 Å². The van der Waals surface area contributed by atoms with Gasteiger partial charge in [0.2, 0.25) is 5.95 Å². The molecule has 10 nitrogen and oxygen atoms in total. The number of hydrogen-bond acceptors (Lipinski definition) is 9. The molecular formula is C28H36N8O2. The van der Waals surface area contributed by atoms with Gasteiger partial charge in [0.15, 0.2) is 5.82 Å². The van der Waals surface area contributed by atoms with Gasteiger partial charge in [-0.25, -0.2) is 4.98 Å². The van der Waals surface area contributed by atoms with Crippen LogP contribution in [-0.4, -0.2) is 57.6 Å². The summed E-state index contributed by atoms with van der Waals surface area (Å²) < 4.78 is 13.2. The monoisotopic (exact) mass is 516 g/mol. The molecule has 0 bridgehead atoms. The molecule has 0 spiro atoms. The lowest BCUT2D eigenvalue weighted by Crippen LogP contribution is -2.34. The zero-order chi connectivity index (χ0) is 26.3. The summed E-state index contributed by atoms with van der Waals surface area (Å²) in [5.41, 5.74) is 11.5. The van der Waals surface area contributed by atoms with Gasteiger partial charge in [-0.2, -0.15) is 10.1 Å². The maximum atomic E-state index is 6.14. The molecular weight excluding hydrogens is 480 g/mol. The highest BCUT2D eigenvalue weighted by atomic mass is 16.5. The zero-order valence-corrected chi connectivity index (χ0v) is 22.1. The molecule has 0 aliphatic carbocycles. The number of ether oxygens (including phenoxy) is 2. The Hall–Kier alpha value is -3.76. The number of pyridine rings is 1. The fourth-order valence-corrected chi connectivity index (χ4v) is 4.78. The van der Waals surface area contributed by atoms with Crippen molar-refractivity contribution in [2.75, 3.05) is 37.9 Å². The molecule has 0 saturated carbocycles. The second kappa shape index (κ2) is 12.2. The average molecular weight is 517 g/mol. The molecule has 4 heterocycles. The third-order valence-electron chi connectivity index (χ3n) is 6.87. The summed E-state index contributed by atoms with van der Waals surface area (Å²) in [4.78, 5) is 13.3. The van der Waals surface area contributed by atoms with E-state index in [0.29, 0.717) is 23.9 Å². The number of unbranched alkanes of at least 4 members (excludes halogenated alkanes) is 1. The SMILES string of the molecule is CCCCNc1nc(N)nc2c(-c3ccncc3)nn(Cc3ccc(CNC4CCOCC4)cc3OC)c12. The van der Waals surface area contributed by atoms with Crippen LogP contribution < -0.4 is 21.1 Å². The molecule has 4 N–H and O–H groups in total. The van der Waals surface area contributed by atoms with Gasteiger partial charge in [0.1, 0.15) is 22.5 Å². The van der Waals surface area contributed by atoms with Gasteiger partial charge in [0, 0.05) is 55.9 Å². The molecule has 1 saturated heterocycles. The van der Waals surface area contributed by atoms with E-state index in [2.05, 4.69) is 50.7 Å². The molecule has 0 radical (unpaired) electrons. The molecule has 3 aromatic heterocycles. The first-order valence-electron chi connectivity index (χ1n) is 13.3. The Morgan fingerprint density at radius 2 is 1.95 bits per heavy atom. The van der Waals surface area contributed by atoms with Crippen LogP contribution in [0.1, 0.15) is 43.7 Å². The Kier molecular flexibility index (Phi) is 8.30. The molecule has 1 aromatic carbocycles. The van der Waals surface area contributed by atoms with Crippen molar-refractivity contribution in [3.8, 4) is 17.0 Å². The molecule has 10 heteroatoms. The average Bonchev–Trinajstić information content (AvgIpc) is 3.31. The number of anilines is 2. The Morgan fingerprint density at radius 3 is 2.71 bits per heavy atom. The lowest BCUT2D eigenvalue weighted by Gasteiger charge is -2.23. The number of nitrogens with two attached hydrogens (primary N) is 1. The van der Waals surface area contributed by atoms with Crippen LogP contribution in [-0.2, 0) is 17.8 Å². The number of methoxy groups -OCH3 is 1. The fraction of sp³-hybridized carbons (Fsp3) is 0.429. The Balaban J connectivity index is 1.48. The molecule has 1 fully saturated rings. The van der Waals surface area contributed by atoms with E-state index in [1.807, 2.05) is 16.8 Å². The molecule has 0 amide bonds. The quantitative estimate of drug-likeness (QED) is 0.254. The van der Waals surface area contributed by atoms with E-state index in [0.717, 1.165) is 80.1 Å². The second-order valence-corrected chi connectivity index (χ2v) is 9.56. The third-order valence-corrected chi connectivity index (χ3v) is 6.87. The van der Waals surface area contributed by atoms with Crippen molar-refractivity contribution in [1.29, 1.82) is 0 Å². The first-order valence-corrected chi connectivity index (χ1v) is 13.3. The first-order chi connectivity index (χ1) is 18.7. The highest BCUT2D eigenvalue weighted by Crippen LogP contribution is 2.32. The molecule has 1 aliphatic heterocycles. The van der Waals surface area contributed by atoms with Crippen molar-refractivity contribution in [3.63, 3.8) is 0 Å². The largest absolute Gasteiger partial charge is 0.496 e. The lowest BCUT2D eigenvalue weighted by atomic mass is 10.1. The number of nitrogen functional groups attached to an aromatic ring is 1. The van der Waals surface area contributed by atoms with Gasteiger partial charge >= 0.3 is 0 Å². The fourth-order valence-electron chi connectivity index (χ4n) is 4.78. The normalized spacial score (nSPS) is 14.2. The van der Waals surface area contributed by atoms with Crippen LogP contribution >= 0.6 is 0 Å². The van der Waals surface area contributed by atoms with Gasteiger partial charge in [-0.05, 0) is 43.0 Å². The van der Waals surface area contributed by atoms with Crippen LogP contribution in [0.4, 0.5) is 11.8 Å². The lowest BCUT2D eigenvalue weighted by molar-refractivity contribution is 0.0776. The molecule has 38 heavy (non-hydrogen) atoms. The van der Waals surface area contributed by atoms with Crippen molar-refractivity contribution in [1.82, 2.24) is 30.0 Å². The third kappa shape index (κ3) is 5.87. The Labute approximate surface area is 223 Å². The minimum absolute atomic E-state index is 0.213. The topological polar surface area (TPSA) is 125 Å². The van der Waals surface area contributed by atoms with Gasteiger partial charge in [-0.3, -0.25) is 9.67 Å². The number of nitrogens with zero attached hydrogens (tertiary/aromatic N) is 5. The maximum Gasteiger partial charge on any atom is 0.222 e. The van der Waals surface area contributed by atoms with Crippen molar-refractivity contribution in [2.24, 2.45) is 0 Å². The van der Waals surface area contributed by atoms with Gasteiger partial charge in [-0.15, -0.1) is 0 Å². The van der Waals surface area contributed by atoms with Crippen LogP contribution in [0.2, 0.25) is 0 Å². The van der Waals surface area contributed by atoms with Gasteiger partial charge in [0.25, 0.3) is 0 Å². The maximum absolute atomic E-state index is 6.14. The summed E-state index contributed by atoms with van der Waals surface area (Å²) in [5.74, 6) is 1.72. The summed E-state index contributed by atoms with van der Waals surface area (Å²) in [6.45, 7) is 5.88. The first kappa shape index (κ1) is 25.9. The summed E-state index contributed by atoms with van der Waals surface area (Å²) >= 11 is 0. The van der Waals surface area contributed by atoms with E-state index in [1.165, 1.54) is 5.56 Å². The van der Waals surface area contributed by atoms with E-state index in [-0.39, 0.29) is 5.95 Å². The van der Waals surface area contributed by atoms with Gasteiger partial charge in [-0.1, -0.05) is 25.5 Å². The molecule has 0 atom stereocenters. The number of rotatable bonds is 11. The van der Waals surface area contributed by atoms with E-state index < -0.39 is 0 Å². The number of nitrogens with one attached hydrogen (secondary N) is 2. The van der Waals surface area contributed by atoms with Crippen LogP contribution in [0.25, 0.3) is 22.3 Å². The van der Waals surface area contributed by atoms with Crippen molar-refractivity contribution in [3.05, 3.63) is 53.9 Å². The minimum atomic E-state index is 0.213. The van der Waals surface area contributed by atoms with Crippen LogP contribution in [0.3, 0.4) is 0 Å². The van der Waals surface area contributed by atoms with Crippen LogP contribution in [0.15, 0.2) is 42.7 Å². The predicted octanol–water partition coefficient (Wildman–Crippen LogP) is 4.01. The number of aromatic nitrogens is 5. The summed E-state index contributed by atoms with van der Waals surface area (Å²) in [7, 11) is 1.71. The predicted molar refractivity (Wildman–Crippen MR) is 149 cm³/mol. The van der Waals surface area contributed by atoms with Crippen molar-refractivity contribution >= 4 is 22.8 Å². The molecule has 200 valence electrons. The summed E-state index contributed by atoms with van der Waals surface area (Å²) in [5, 5.41) is 12.1. The highest BCUT2D eigenvalue weighted by Gasteiger charge is 2.21. The van der Waals surface area contributed by atoms with Gasteiger partial charge < -0.3 is 25.8 Å². The Morgan fingerprint density at radius 1 is 1.13 bits per heavy atom. The summed E-state index contributed by atoms with van der Waals surface area (Å²) in [6, 6.07) is 10.7. The van der Waals surface area contributed by atoms with Crippen LogP contribution in [0, 0.1) is 0 Å². The van der Waals surface area contributed by atoms with Gasteiger partial charge in [0.05, 0.1) is 13.7 Å². The smallest absolute Gasteiger partial charge is 0.222 e. The van der Waals surface area contributed by atoms with E-state index in [4.69, 9.17) is 20.3 Å². The molecule has 0 unspecified atom stereocenters. The number of benzene rings is 1. The second-order valence-electron chi connectivity index (χ2n) is 9.56. The standard InChI is InChI=1S/C28H36N8O2/c1-3-4-11-31-27-26-25(33-28(29)34-27)24(20-7-12-30-13-8-20)35-36(26)18-21-6-5-19(16-23(21)37-2)17-32-22-9-14-38-15-10-22/h5-8,12-13,16,22,32H,3-4,9-11,14-15,17-18H2,1-2H3,(H3,29,31,33,34). The minimum Gasteiger partial charge on any atom is -0.496 e. The number of fused-ring (bicyclic) bond motifs is 1. The number of hydrogen-bond donors (Lipinski definition) is 3. The summed E-state index contributed by atoms with van der Waals surface area (Å²) in [6.07, 6.45) is 7.69. The highest BCUT2D eigenvalue weighted by molar-refractivity contribution is 5.96. The molecule has 5 rings (SSSR count). The molecule has 4 aromatic rings. The van der Waals surface area contributed by atoms with E-state index in [9.17, 15) is 0 Å². The Bertz CT molecular complexity index is 1350. The molecule has 1 aliphatic rings. The van der Waals surface area contributed by atoms with Crippen molar-refractivity contribution < 1.29 is 9.47 Å². The van der Waals surface area contributed by atoms with E-state index >= 15 is 0 Å². The van der Waals surface area contributed by atoms with Crippen molar-refractivity contribution in [2.45, 2.75) is 51.7 Å².